The summed E-state index contributed by atoms with van der Waals surface area (Å²) < 4.78 is 0. The van der Waals surface area contributed by atoms with E-state index >= 15 is 0 Å². The van der Waals surface area contributed by atoms with E-state index in [0.717, 1.165) is 0 Å². The second-order valence-electron chi connectivity index (χ2n) is 4.98. The molecule has 17 heavy (non-hydrogen) atoms. The monoisotopic (exact) mass is 256 g/mol. The Balaban J connectivity index is 2.02. The van der Waals surface area contributed by atoms with Crippen LogP contribution >= 0.6 is 11.8 Å². The van der Waals surface area contributed by atoms with Gasteiger partial charge in [0.2, 0.25) is 0 Å². The molecule has 0 spiro atoms. The number of carbonyl (C=O) groups is 1. The minimum atomic E-state index is -0.906. The number of carboxylic acids is 1. The van der Waals surface area contributed by atoms with Crippen molar-refractivity contribution in [1.82, 2.24) is 4.90 Å². The predicted octanol–water partition coefficient (Wildman–Crippen LogP) is 1.85. The first-order valence-electron chi connectivity index (χ1n) is 6.21. The highest BCUT2D eigenvalue weighted by Gasteiger charge is 2.44. The van der Waals surface area contributed by atoms with Crippen LogP contribution in [0, 0.1) is 0 Å². The number of hydrogen-bond acceptors (Lipinski definition) is 4. The maximum atomic E-state index is 11.4. The molecule has 0 saturated heterocycles. The van der Waals surface area contributed by atoms with Crippen LogP contribution in [0.25, 0.3) is 0 Å². The summed E-state index contributed by atoms with van der Waals surface area (Å²) in [4.78, 5) is 17.8. The van der Waals surface area contributed by atoms with E-state index in [-0.39, 0.29) is 0 Å². The summed E-state index contributed by atoms with van der Waals surface area (Å²) in [5.74, 6) is -0.233. The molecule has 96 valence electrons. The van der Waals surface area contributed by atoms with E-state index in [4.69, 9.17) is 0 Å². The van der Waals surface area contributed by atoms with Crippen molar-refractivity contribution in [3.05, 3.63) is 0 Å². The highest BCUT2D eigenvalue weighted by Crippen LogP contribution is 2.29. The smallest absolute Gasteiger partial charge is 0.334 e. The molecular formula is C12H20N2O2S. The molecule has 1 heterocycles. The van der Waals surface area contributed by atoms with E-state index < -0.39 is 11.5 Å². The summed E-state index contributed by atoms with van der Waals surface area (Å²) >= 11 is 1.55. The first-order chi connectivity index (χ1) is 8.18. The number of carboxylic acid groups (broad SMARTS) is 1. The second-order valence-corrected chi connectivity index (χ2v) is 5.84. The molecule has 2 aliphatic rings. The van der Waals surface area contributed by atoms with E-state index in [2.05, 4.69) is 9.89 Å². The average molecular weight is 256 g/mol. The van der Waals surface area contributed by atoms with Crippen molar-refractivity contribution in [3.8, 4) is 0 Å². The molecule has 1 saturated carbocycles. The molecule has 4 nitrogen and oxygen atoms in total. The second kappa shape index (κ2) is 5.29. The first-order valence-corrected chi connectivity index (χ1v) is 7.61. The van der Waals surface area contributed by atoms with Crippen molar-refractivity contribution in [2.45, 2.75) is 43.7 Å². The normalized spacial score (nSPS) is 29.8. The van der Waals surface area contributed by atoms with Crippen molar-refractivity contribution in [3.63, 3.8) is 0 Å². The molecule has 1 aliphatic carbocycles. The van der Waals surface area contributed by atoms with E-state index in [1.807, 2.05) is 6.26 Å². The van der Waals surface area contributed by atoms with Crippen molar-refractivity contribution < 1.29 is 9.90 Å². The number of rotatable bonds is 4. The first kappa shape index (κ1) is 12.7. The number of aliphatic carboxylic acids is 1. The van der Waals surface area contributed by atoms with Gasteiger partial charge in [-0.25, -0.2) is 4.79 Å². The third kappa shape index (κ3) is 2.59. The molecule has 5 heteroatoms. The fourth-order valence-electron chi connectivity index (χ4n) is 2.71. The number of nitrogens with zero attached hydrogens (tertiary/aromatic N) is 2. The van der Waals surface area contributed by atoms with Gasteiger partial charge in [-0.3, -0.25) is 4.99 Å². The topological polar surface area (TPSA) is 52.9 Å². The molecule has 0 amide bonds. The Kier molecular flexibility index (Phi) is 3.97. The fourth-order valence-corrected chi connectivity index (χ4v) is 3.48. The third-order valence-electron chi connectivity index (χ3n) is 3.72. The largest absolute Gasteiger partial charge is 0.479 e. The summed E-state index contributed by atoms with van der Waals surface area (Å²) in [6.45, 7) is 0.549. The molecular weight excluding hydrogens is 236 g/mol. The minimum absolute atomic E-state index is 0.510. The maximum absolute atomic E-state index is 11.4. The molecule has 0 aromatic carbocycles. The molecule has 1 aliphatic heterocycles. The van der Waals surface area contributed by atoms with Gasteiger partial charge in [0.15, 0.2) is 5.54 Å². The van der Waals surface area contributed by atoms with Crippen molar-refractivity contribution in [2.24, 2.45) is 4.99 Å². The van der Waals surface area contributed by atoms with Crippen LogP contribution in [0.5, 0.6) is 0 Å². The number of aliphatic imine (C=N–C) groups is 1. The molecule has 1 fully saturated rings. The minimum Gasteiger partial charge on any atom is -0.479 e. The third-order valence-corrected chi connectivity index (χ3v) is 4.49. The summed E-state index contributed by atoms with van der Waals surface area (Å²) in [7, 11) is 0. The van der Waals surface area contributed by atoms with Crippen molar-refractivity contribution in [2.75, 3.05) is 18.6 Å². The van der Waals surface area contributed by atoms with Crippen LogP contribution in [0.2, 0.25) is 0 Å². The zero-order chi connectivity index (χ0) is 12.3. The zero-order valence-corrected chi connectivity index (χ0v) is 11.1. The molecule has 0 aromatic heterocycles. The van der Waals surface area contributed by atoms with E-state index in [9.17, 15) is 9.90 Å². The van der Waals surface area contributed by atoms with Gasteiger partial charge < -0.3 is 10.0 Å². The molecule has 1 unspecified atom stereocenters. The van der Waals surface area contributed by atoms with Crippen molar-refractivity contribution >= 4 is 24.1 Å². The summed E-state index contributed by atoms with van der Waals surface area (Å²) in [5, 5.41) is 9.36. The Labute approximate surface area is 106 Å². The Morgan fingerprint density at radius 3 is 2.82 bits per heavy atom. The van der Waals surface area contributed by atoms with Crippen LogP contribution in [0.1, 0.15) is 32.1 Å². The maximum Gasteiger partial charge on any atom is 0.334 e. The number of hydrogen-bond donors (Lipinski definition) is 1. The average Bonchev–Trinajstić information content (AvgIpc) is 2.76. The fraction of sp³-hybridized carbons (Fsp3) is 0.833. The Bertz CT molecular complexity index is 316. The SMILES string of the molecule is CSCC1(C(=O)O)CN(C2CCCCC2)C=N1. The lowest BCUT2D eigenvalue weighted by atomic mass is 9.93. The van der Waals surface area contributed by atoms with Gasteiger partial charge in [-0.05, 0) is 19.1 Å². The van der Waals surface area contributed by atoms with Crippen LogP contribution in [-0.2, 0) is 4.79 Å². The van der Waals surface area contributed by atoms with Gasteiger partial charge in [0.25, 0.3) is 0 Å². The van der Waals surface area contributed by atoms with Gasteiger partial charge in [-0.1, -0.05) is 19.3 Å². The highest BCUT2D eigenvalue weighted by molar-refractivity contribution is 7.98. The van der Waals surface area contributed by atoms with E-state index in [0.29, 0.717) is 18.3 Å². The summed E-state index contributed by atoms with van der Waals surface area (Å²) in [5.41, 5.74) is -0.906. The highest BCUT2D eigenvalue weighted by atomic mass is 32.2. The van der Waals surface area contributed by atoms with E-state index in [1.165, 1.54) is 32.1 Å². The molecule has 1 N–H and O–H groups in total. The molecule has 2 rings (SSSR count). The van der Waals surface area contributed by atoms with Crippen molar-refractivity contribution in [1.29, 1.82) is 0 Å². The molecule has 1 atom stereocenters. The van der Waals surface area contributed by atoms with Gasteiger partial charge in [-0.2, -0.15) is 11.8 Å². The molecule has 0 radical (unpaired) electrons. The van der Waals surface area contributed by atoms with Crippen LogP contribution in [0.4, 0.5) is 0 Å². The van der Waals surface area contributed by atoms with Gasteiger partial charge in [0.05, 0.1) is 12.9 Å². The zero-order valence-electron chi connectivity index (χ0n) is 10.3. The van der Waals surface area contributed by atoms with Crippen LogP contribution < -0.4 is 0 Å². The lowest BCUT2D eigenvalue weighted by Crippen LogP contribution is -2.47. The predicted molar refractivity (Wildman–Crippen MR) is 70.8 cm³/mol. The Hall–Kier alpha value is -0.710. The van der Waals surface area contributed by atoms with Crippen LogP contribution in [-0.4, -0.2) is 52.4 Å². The Morgan fingerprint density at radius 1 is 1.53 bits per heavy atom. The van der Waals surface area contributed by atoms with Crippen LogP contribution in [0.3, 0.4) is 0 Å². The standard InChI is InChI=1S/C12H20N2O2S/c1-17-8-12(11(15)16)7-14(9-13-12)10-5-3-2-4-6-10/h9-10H,2-8H2,1H3,(H,15,16). The van der Waals surface area contributed by atoms with E-state index in [1.54, 1.807) is 18.1 Å². The van der Waals surface area contributed by atoms with Gasteiger partial charge in [0, 0.05) is 11.8 Å². The van der Waals surface area contributed by atoms with Gasteiger partial charge in [0.1, 0.15) is 0 Å². The lowest BCUT2D eigenvalue weighted by molar-refractivity contribution is -0.142. The Morgan fingerprint density at radius 2 is 2.24 bits per heavy atom. The number of thioether (sulfide) groups is 1. The summed E-state index contributed by atoms with van der Waals surface area (Å²) in [6.07, 6.45) is 9.91. The quantitative estimate of drug-likeness (QED) is 0.834. The lowest BCUT2D eigenvalue weighted by Gasteiger charge is -2.32. The molecule has 0 bridgehead atoms. The van der Waals surface area contributed by atoms with Crippen LogP contribution in [0.15, 0.2) is 4.99 Å². The summed E-state index contributed by atoms with van der Waals surface area (Å²) in [6, 6.07) is 0.510. The van der Waals surface area contributed by atoms with Gasteiger partial charge >= 0.3 is 5.97 Å². The molecule has 0 aromatic rings. The van der Waals surface area contributed by atoms with Gasteiger partial charge in [-0.15, -0.1) is 0 Å².